The molecule has 1 atom stereocenters. The van der Waals surface area contributed by atoms with Gasteiger partial charge in [0.05, 0.1) is 6.61 Å². The zero-order chi connectivity index (χ0) is 10.9. The molecule has 0 aromatic heterocycles. The van der Waals surface area contributed by atoms with Crippen molar-refractivity contribution in [1.82, 2.24) is 0 Å². The van der Waals surface area contributed by atoms with E-state index in [1.807, 2.05) is 0 Å². The molecule has 0 amide bonds. The Morgan fingerprint density at radius 1 is 1.07 bits per heavy atom. The van der Waals surface area contributed by atoms with Crippen LogP contribution in [0.1, 0.15) is 11.7 Å². The number of aliphatic hydroxyl groups excluding tert-OH is 2. The normalized spacial score (nSPS) is 13.0. The van der Waals surface area contributed by atoms with Crippen molar-refractivity contribution in [2.24, 2.45) is 0 Å². The minimum atomic E-state index is -2.01. The molecule has 0 radical (unpaired) electrons. The fourth-order valence-corrected chi connectivity index (χ4v) is 0.932. The molecular formula is C8H6F4O2. The number of hydrogen-bond acceptors (Lipinski definition) is 2. The lowest BCUT2D eigenvalue weighted by molar-refractivity contribution is 0.0913. The van der Waals surface area contributed by atoms with Crippen molar-refractivity contribution in [3.63, 3.8) is 0 Å². The zero-order valence-electron chi connectivity index (χ0n) is 6.77. The summed E-state index contributed by atoms with van der Waals surface area (Å²) >= 11 is 0. The maximum Gasteiger partial charge on any atom is 0.197 e. The van der Waals surface area contributed by atoms with Crippen molar-refractivity contribution >= 4 is 0 Å². The molecule has 1 rings (SSSR count). The fraction of sp³-hybridized carbons (Fsp3) is 0.250. The maximum atomic E-state index is 12.8. The van der Waals surface area contributed by atoms with Crippen LogP contribution in [0.2, 0.25) is 0 Å². The molecule has 2 nitrogen and oxygen atoms in total. The largest absolute Gasteiger partial charge is 0.393 e. The predicted octanol–water partition coefficient (Wildman–Crippen LogP) is 1.27. The third-order valence-electron chi connectivity index (χ3n) is 1.66. The summed E-state index contributed by atoms with van der Waals surface area (Å²) in [6, 6.07) is 0.300. The second-order valence-corrected chi connectivity index (χ2v) is 2.59. The molecule has 0 saturated heterocycles. The third-order valence-corrected chi connectivity index (χ3v) is 1.66. The van der Waals surface area contributed by atoms with E-state index in [0.717, 1.165) is 0 Å². The van der Waals surface area contributed by atoms with Crippen molar-refractivity contribution in [1.29, 1.82) is 0 Å². The van der Waals surface area contributed by atoms with E-state index in [-0.39, 0.29) is 0 Å². The quantitative estimate of drug-likeness (QED) is 0.438. The molecule has 1 unspecified atom stereocenters. The monoisotopic (exact) mass is 210 g/mol. The lowest BCUT2D eigenvalue weighted by Crippen LogP contribution is -2.09. The lowest BCUT2D eigenvalue weighted by Gasteiger charge is -2.09. The maximum absolute atomic E-state index is 12.8. The summed E-state index contributed by atoms with van der Waals surface area (Å²) in [5.41, 5.74) is -0.816. The average Bonchev–Trinajstić information content (AvgIpc) is 2.19. The Bertz CT molecular complexity index is 354. The van der Waals surface area contributed by atoms with Crippen molar-refractivity contribution in [3.8, 4) is 0 Å². The highest BCUT2D eigenvalue weighted by molar-refractivity contribution is 5.23. The molecular weight excluding hydrogens is 204 g/mol. The van der Waals surface area contributed by atoms with Crippen LogP contribution < -0.4 is 0 Å². The second-order valence-electron chi connectivity index (χ2n) is 2.59. The van der Waals surface area contributed by atoms with Gasteiger partial charge in [0, 0.05) is 5.56 Å². The van der Waals surface area contributed by atoms with Gasteiger partial charge in [-0.3, -0.25) is 0 Å². The SMILES string of the molecule is OCC(O)c1cc(F)c(F)c(F)c1F. The van der Waals surface area contributed by atoms with Gasteiger partial charge >= 0.3 is 0 Å². The van der Waals surface area contributed by atoms with E-state index in [4.69, 9.17) is 10.2 Å². The molecule has 0 spiro atoms. The smallest absolute Gasteiger partial charge is 0.197 e. The van der Waals surface area contributed by atoms with Gasteiger partial charge in [-0.2, -0.15) is 0 Å². The van der Waals surface area contributed by atoms with Crippen LogP contribution in [0.5, 0.6) is 0 Å². The number of halogens is 4. The molecule has 6 heteroatoms. The van der Waals surface area contributed by atoms with Crippen LogP contribution >= 0.6 is 0 Å². The summed E-state index contributed by atoms with van der Waals surface area (Å²) in [7, 11) is 0. The molecule has 1 aromatic carbocycles. The highest BCUT2D eigenvalue weighted by Crippen LogP contribution is 2.23. The number of rotatable bonds is 2. The Hall–Kier alpha value is -1.14. The van der Waals surface area contributed by atoms with Crippen LogP contribution in [0.15, 0.2) is 6.07 Å². The van der Waals surface area contributed by atoms with Crippen LogP contribution in [0.25, 0.3) is 0 Å². The van der Waals surface area contributed by atoms with Crippen LogP contribution in [-0.4, -0.2) is 16.8 Å². The van der Waals surface area contributed by atoms with Gasteiger partial charge in [-0.05, 0) is 6.07 Å². The van der Waals surface area contributed by atoms with E-state index < -0.39 is 41.5 Å². The zero-order valence-corrected chi connectivity index (χ0v) is 6.77. The van der Waals surface area contributed by atoms with Crippen LogP contribution in [0, 0.1) is 23.3 Å². The van der Waals surface area contributed by atoms with Crippen molar-refractivity contribution < 1.29 is 27.8 Å². The molecule has 2 N–H and O–H groups in total. The lowest BCUT2D eigenvalue weighted by atomic mass is 10.1. The van der Waals surface area contributed by atoms with E-state index in [2.05, 4.69) is 0 Å². The molecule has 1 aromatic rings. The Labute approximate surface area is 76.4 Å². The number of hydrogen-bond donors (Lipinski definition) is 2. The molecule has 0 aliphatic heterocycles. The first-order valence-electron chi connectivity index (χ1n) is 3.60. The van der Waals surface area contributed by atoms with Gasteiger partial charge in [-0.15, -0.1) is 0 Å². The molecule has 0 aliphatic carbocycles. The molecule has 14 heavy (non-hydrogen) atoms. The number of benzene rings is 1. The predicted molar refractivity (Wildman–Crippen MR) is 38.3 cm³/mol. The minimum absolute atomic E-state index is 0.300. The molecule has 78 valence electrons. The summed E-state index contributed by atoms with van der Waals surface area (Å²) < 4.78 is 50.3. The standard InChI is InChI=1S/C8H6F4O2/c9-4-1-3(5(14)2-13)6(10)8(12)7(4)11/h1,5,13-14H,2H2. The van der Waals surface area contributed by atoms with E-state index >= 15 is 0 Å². The third kappa shape index (κ3) is 1.71. The van der Waals surface area contributed by atoms with Crippen molar-refractivity contribution in [2.45, 2.75) is 6.10 Å². The number of aliphatic hydroxyl groups is 2. The average molecular weight is 210 g/mol. The summed E-state index contributed by atoms with van der Waals surface area (Å²) in [5, 5.41) is 17.3. The van der Waals surface area contributed by atoms with Crippen LogP contribution in [0.4, 0.5) is 17.6 Å². The first-order chi connectivity index (χ1) is 6.49. The van der Waals surface area contributed by atoms with E-state index in [1.165, 1.54) is 0 Å². The van der Waals surface area contributed by atoms with Crippen LogP contribution in [0.3, 0.4) is 0 Å². The summed E-state index contributed by atoms with van der Waals surface area (Å²) in [6.45, 7) is -0.915. The first-order valence-corrected chi connectivity index (χ1v) is 3.60. The van der Waals surface area contributed by atoms with Gasteiger partial charge in [0.1, 0.15) is 6.10 Å². The summed E-state index contributed by atoms with van der Waals surface area (Å²) in [6.07, 6.45) is -1.78. The Balaban J connectivity index is 3.33. The van der Waals surface area contributed by atoms with E-state index in [1.54, 1.807) is 0 Å². The van der Waals surface area contributed by atoms with Gasteiger partial charge in [0.15, 0.2) is 23.3 Å². The summed E-state index contributed by atoms with van der Waals surface area (Å²) in [5.74, 6) is -7.28. The highest BCUT2D eigenvalue weighted by atomic mass is 19.2. The topological polar surface area (TPSA) is 40.5 Å². The first kappa shape index (κ1) is 10.9. The molecule has 0 fully saturated rings. The van der Waals surface area contributed by atoms with Crippen LogP contribution in [-0.2, 0) is 0 Å². The van der Waals surface area contributed by atoms with E-state index in [9.17, 15) is 17.6 Å². The molecule has 0 aliphatic rings. The van der Waals surface area contributed by atoms with E-state index in [0.29, 0.717) is 6.07 Å². The Kier molecular flexibility index (Phi) is 3.07. The van der Waals surface area contributed by atoms with Gasteiger partial charge in [-0.1, -0.05) is 0 Å². The second kappa shape index (κ2) is 3.93. The molecule has 0 bridgehead atoms. The van der Waals surface area contributed by atoms with Crippen molar-refractivity contribution in [2.75, 3.05) is 6.61 Å². The molecule has 0 saturated carbocycles. The summed E-state index contributed by atoms with van der Waals surface area (Å²) in [4.78, 5) is 0. The molecule has 0 heterocycles. The highest BCUT2D eigenvalue weighted by Gasteiger charge is 2.22. The Morgan fingerprint density at radius 3 is 2.14 bits per heavy atom. The van der Waals surface area contributed by atoms with Gasteiger partial charge < -0.3 is 10.2 Å². The van der Waals surface area contributed by atoms with Gasteiger partial charge in [0.2, 0.25) is 0 Å². The minimum Gasteiger partial charge on any atom is -0.393 e. The van der Waals surface area contributed by atoms with Gasteiger partial charge in [0.25, 0.3) is 0 Å². The van der Waals surface area contributed by atoms with Crippen molar-refractivity contribution in [3.05, 3.63) is 34.9 Å². The van der Waals surface area contributed by atoms with Gasteiger partial charge in [-0.25, -0.2) is 17.6 Å². The fourth-order valence-electron chi connectivity index (χ4n) is 0.932. The Morgan fingerprint density at radius 2 is 1.64 bits per heavy atom.